The zero-order valence-corrected chi connectivity index (χ0v) is 12.4. The summed E-state index contributed by atoms with van der Waals surface area (Å²) in [6.07, 6.45) is 2.30. The second kappa shape index (κ2) is 4.99. The lowest BCUT2D eigenvalue weighted by Crippen LogP contribution is -2.44. The van der Waals surface area contributed by atoms with E-state index in [-0.39, 0.29) is 5.54 Å². The lowest BCUT2D eigenvalue weighted by molar-refractivity contribution is 0.268. The lowest BCUT2D eigenvalue weighted by atomic mass is 9.82. The summed E-state index contributed by atoms with van der Waals surface area (Å²) in [5.74, 6) is 1.14. The molecule has 1 aliphatic rings. The number of amidine groups is 1. The molecule has 94 valence electrons. The fourth-order valence-electron chi connectivity index (χ4n) is 2.35. The van der Waals surface area contributed by atoms with Crippen molar-refractivity contribution in [3.8, 4) is 0 Å². The van der Waals surface area contributed by atoms with Crippen LogP contribution in [0.5, 0.6) is 0 Å². The van der Waals surface area contributed by atoms with Crippen LogP contribution in [0.25, 0.3) is 0 Å². The summed E-state index contributed by atoms with van der Waals surface area (Å²) in [6, 6.07) is 0.526. The minimum atomic E-state index is 0.132. The molecule has 2 nitrogen and oxygen atoms in total. The molecule has 0 amide bonds. The van der Waals surface area contributed by atoms with Crippen LogP contribution in [0.15, 0.2) is 4.99 Å². The van der Waals surface area contributed by atoms with Crippen LogP contribution in [-0.2, 0) is 0 Å². The summed E-state index contributed by atoms with van der Waals surface area (Å²) in [5, 5.41) is 4.73. The van der Waals surface area contributed by atoms with Gasteiger partial charge >= 0.3 is 0 Å². The molecule has 0 aromatic carbocycles. The summed E-state index contributed by atoms with van der Waals surface area (Å²) in [6.45, 7) is 13.6. The maximum atomic E-state index is 4.69. The highest BCUT2D eigenvalue weighted by Crippen LogP contribution is 2.28. The van der Waals surface area contributed by atoms with Crippen molar-refractivity contribution in [1.29, 1.82) is 0 Å². The Morgan fingerprint density at radius 1 is 1.31 bits per heavy atom. The number of thioether (sulfide) groups is 1. The van der Waals surface area contributed by atoms with Crippen molar-refractivity contribution in [2.24, 2.45) is 10.4 Å². The Hall–Kier alpha value is -0.180. The molecule has 0 saturated carbocycles. The first-order valence-corrected chi connectivity index (χ1v) is 7.19. The van der Waals surface area contributed by atoms with Gasteiger partial charge in [0, 0.05) is 11.3 Å². The van der Waals surface area contributed by atoms with E-state index in [2.05, 4.69) is 46.9 Å². The molecular weight excluding hydrogens is 216 g/mol. The second-order valence-corrected chi connectivity index (χ2v) is 7.56. The summed E-state index contributed by atoms with van der Waals surface area (Å²) < 4.78 is 0. The normalized spacial score (nSPS) is 22.1. The number of rotatable bonds is 3. The van der Waals surface area contributed by atoms with Crippen molar-refractivity contribution in [2.75, 3.05) is 5.75 Å². The van der Waals surface area contributed by atoms with Crippen LogP contribution in [0.1, 0.15) is 54.4 Å². The van der Waals surface area contributed by atoms with E-state index in [0.29, 0.717) is 11.5 Å². The van der Waals surface area contributed by atoms with E-state index in [1.165, 1.54) is 0 Å². The fourth-order valence-corrected chi connectivity index (χ4v) is 3.59. The van der Waals surface area contributed by atoms with Gasteiger partial charge in [-0.05, 0) is 32.1 Å². The molecule has 1 unspecified atom stereocenters. The molecule has 1 rings (SSSR count). The number of aliphatic imine (C=N–C) groups is 1. The van der Waals surface area contributed by atoms with Crippen molar-refractivity contribution < 1.29 is 0 Å². The number of hydrogen-bond acceptors (Lipinski definition) is 3. The van der Waals surface area contributed by atoms with E-state index < -0.39 is 0 Å². The zero-order valence-electron chi connectivity index (χ0n) is 11.6. The van der Waals surface area contributed by atoms with Gasteiger partial charge in [-0.3, -0.25) is 4.99 Å². The molecule has 0 aromatic rings. The SMILES string of the molecule is CCC1CSC(NC(C)(C)CC(C)(C)C)=N1. The van der Waals surface area contributed by atoms with Crippen molar-refractivity contribution in [3.63, 3.8) is 0 Å². The standard InChI is InChI=1S/C13H26N2S/c1-7-10-8-16-11(14-10)15-13(5,6)9-12(2,3)4/h10H,7-9H2,1-6H3,(H,14,15). The van der Waals surface area contributed by atoms with Crippen molar-refractivity contribution in [3.05, 3.63) is 0 Å². The molecule has 3 heteroatoms. The predicted octanol–water partition coefficient (Wildman–Crippen LogP) is 3.67. The molecular formula is C13H26N2S. The molecule has 16 heavy (non-hydrogen) atoms. The summed E-state index contributed by atoms with van der Waals surface area (Å²) in [7, 11) is 0. The Kier molecular flexibility index (Phi) is 4.33. The van der Waals surface area contributed by atoms with Gasteiger partial charge in [0.2, 0.25) is 0 Å². The highest BCUT2D eigenvalue weighted by molar-refractivity contribution is 8.14. The summed E-state index contributed by atoms with van der Waals surface area (Å²) >= 11 is 1.87. The van der Waals surface area contributed by atoms with Crippen LogP contribution in [0.4, 0.5) is 0 Å². The topological polar surface area (TPSA) is 24.4 Å². The van der Waals surface area contributed by atoms with Gasteiger partial charge in [0.1, 0.15) is 0 Å². The Morgan fingerprint density at radius 2 is 1.94 bits per heavy atom. The van der Waals surface area contributed by atoms with Crippen molar-refractivity contribution in [1.82, 2.24) is 5.32 Å². The van der Waals surface area contributed by atoms with Crippen LogP contribution >= 0.6 is 11.8 Å². The van der Waals surface area contributed by atoms with E-state index in [9.17, 15) is 0 Å². The molecule has 0 bridgehead atoms. The zero-order chi connectivity index (χ0) is 12.4. The Balaban J connectivity index is 2.53. The third-order valence-corrected chi connectivity index (χ3v) is 3.63. The van der Waals surface area contributed by atoms with Gasteiger partial charge in [0.05, 0.1) is 6.04 Å². The van der Waals surface area contributed by atoms with Gasteiger partial charge in [-0.15, -0.1) is 0 Å². The van der Waals surface area contributed by atoms with E-state index in [0.717, 1.165) is 23.8 Å². The minimum Gasteiger partial charge on any atom is -0.360 e. The first-order chi connectivity index (χ1) is 7.22. The van der Waals surface area contributed by atoms with E-state index in [1.54, 1.807) is 0 Å². The van der Waals surface area contributed by atoms with Gasteiger partial charge in [0.15, 0.2) is 5.17 Å². The first kappa shape index (κ1) is 13.9. The molecule has 0 aromatic heterocycles. The molecule has 0 fully saturated rings. The molecule has 1 atom stereocenters. The van der Waals surface area contributed by atoms with Gasteiger partial charge in [0.25, 0.3) is 0 Å². The minimum absolute atomic E-state index is 0.132. The van der Waals surface area contributed by atoms with Gasteiger partial charge in [-0.2, -0.15) is 0 Å². The van der Waals surface area contributed by atoms with Crippen LogP contribution in [0.2, 0.25) is 0 Å². The maximum absolute atomic E-state index is 4.69. The predicted molar refractivity (Wildman–Crippen MR) is 75.3 cm³/mol. The number of nitrogens with one attached hydrogen (secondary N) is 1. The van der Waals surface area contributed by atoms with Crippen LogP contribution in [0.3, 0.4) is 0 Å². The van der Waals surface area contributed by atoms with Gasteiger partial charge < -0.3 is 5.32 Å². The molecule has 1 aliphatic heterocycles. The smallest absolute Gasteiger partial charge is 0.157 e. The van der Waals surface area contributed by atoms with Crippen molar-refractivity contribution in [2.45, 2.75) is 66.0 Å². The molecule has 1 N–H and O–H groups in total. The maximum Gasteiger partial charge on any atom is 0.157 e. The highest BCUT2D eigenvalue weighted by atomic mass is 32.2. The number of hydrogen-bond donors (Lipinski definition) is 1. The van der Waals surface area contributed by atoms with E-state index in [4.69, 9.17) is 4.99 Å². The quantitative estimate of drug-likeness (QED) is 0.816. The lowest BCUT2D eigenvalue weighted by Gasteiger charge is -2.33. The monoisotopic (exact) mass is 242 g/mol. The summed E-state index contributed by atoms with van der Waals surface area (Å²) in [4.78, 5) is 4.69. The molecule has 0 radical (unpaired) electrons. The van der Waals surface area contributed by atoms with Crippen molar-refractivity contribution >= 4 is 16.9 Å². The Bertz CT molecular complexity index is 264. The number of nitrogens with zero attached hydrogens (tertiary/aromatic N) is 1. The van der Waals surface area contributed by atoms with Crippen LogP contribution < -0.4 is 5.32 Å². The van der Waals surface area contributed by atoms with E-state index >= 15 is 0 Å². The first-order valence-electron chi connectivity index (χ1n) is 6.21. The highest BCUT2D eigenvalue weighted by Gasteiger charge is 2.28. The van der Waals surface area contributed by atoms with Crippen LogP contribution in [0, 0.1) is 5.41 Å². The van der Waals surface area contributed by atoms with E-state index in [1.807, 2.05) is 11.8 Å². The average Bonchev–Trinajstić information content (AvgIpc) is 2.46. The third kappa shape index (κ3) is 4.77. The summed E-state index contributed by atoms with van der Waals surface area (Å²) in [5.41, 5.74) is 0.483. The van der Waals surface area contributed by atoms with Crippen LogP contribution in [-0.4, -0.2) is 22.5 Å². The molecule has 1 heterocycles. The molecule has 0 aliphatic carbocycles. The fraction of sp³-hybridized carbons (Fsp3) is 0.923. The third-order valence-electron chi connectivity index (χ3n) is 2.60. The van der Waals surface area contributed by atoms with Gasteiger partial charge in [-0.1, -0.05) is 39.5 Å². The largest absolute Gasteiger partial charge is 0.360 e. The Morgan fingerprint density at radius 3 is 2.38 bits per heavy atom. The van der Waals surface area contributed by atoms with Gasteiger partial charge in [-0.25, -0.2) is 0 Å². The Labute approximate surface area is 105 Å². The molecule has 0 saturated heterocycles. The average molecular weight is 242 g/mol. The second-order valence-electron chi connectivity index (χ2n) is 6.55. The molecule has 0 spiro atoms.